The van der Waals surface area contributed by atoms with Crippen LogP contribution in [-0.2, 0) is 5.41 Å². The molecule has 1 saturated carbocycles. The summed E-state index contributed by atoms with van der Waals surface area (Å²) < 4.78 is 11.2. The van der Waals surface area contributed by atoms with Crippen LogP contribution in [-0.4, -0.2) is 13.2 Å². The van der Waals surface area contributed by atoms with Gasteiger partial charge in [-0.1, -0.05) is 6.92 Å². The van der Waals surface area contributed by atoms with E-state index >= 15 is 0 Å². The van der Waals surface area contributed by atoms with E-state index in [9.17, 15) is 0 Å². The van der Waals surface area contributed by atoms with E-state index in [0.29, 0.717) is 13.2 Å². The summed E-state index contributed by atoms with van der Waals surface area (Å²) in [5.74, 6) is 1.79. The molecule has 2 aliphatic rings. The van der Waals surface area contributed by atoms with Crippen molar-refractivity contribution in [2.45, 2.75) is 25.7 Å². The highest BCUT2D eigenvalue weighted by Crippen LogP contribution is 2.55. The average molecular weight is 229 g/mol. The van der Waals surface area contributed by atoms with E-state index in [1.165, 1.54) is 11.1 Å². The Bertz CT molecular complexity index is 518. The summed E-state index contributed by atoms with van der Waals surface area (Å²) in [4.78, 5) is 0. The van der Waals surface area contributed by atoms with Crippen molar-refractivity contribution in [1.29, 1.82) is 5.26 Å². The summed E-state index contributed by atoms with van der Waals surface area (Å²) in [7, 11) is 0. The molecule has 1 aromatic carbocycles. The fourth-order valence-electron chi connectivity index (χ4n) is 2.66. The Kier molecular flexibility index (Phi) is 2.09. The fraction of sp³-hybridized carbons (Fsp3) is 0.500. The molecular formula is C14H15NO2. The third kappa shape index (κ3) is 1.48. The van der Waals surface area contributed by atoms with E-state index < -0.39 is 0 Å². The largest absolute Gasteiger partial charge is 0.486 e. The maximum Gasteiger partial charge on any atom is 0.161 e. The molecule has 0 bridgehead atoms. The van der Waals surface area contributed by atoms with Crippen molar-refractivity contribution in [2.24, 2.45) is 5.92 Å². The Balaban J connectivity index is 2.04. The first-order chi connectivity index (χ1) is 8.15. The second kappa shape index (κ2) is 3.40. The van der Waals surface area contributed by atoms with Gasteiger partial charge < -0.3 is 9.47 Å². The van der Waals surface area contributed by atoms with Gasteiger partial charge in [0.25, 0.3) is 0 Å². The van der Waals surface area contributed by atoms with Crippen molar-refractivity contribution < 1.29 is 9.47 Å². The van der Waals surface area contributed by atoms with E-state index in [-0.39, 0.29) is 11.3 Å². The quantitative estimate of drug-likeness (QED) is 0.743. The predicted molar refractivity (Wildman–Crippen MR) is 63.2 cm³/mol. The summed E-state index contributed by atoms with van der Waals surface area (Å²) in [6.07, 6.45) is 0.948. The highest BCUT2D eigenvalue weighted by molar-refractivity contribution is 5.52. The molecule has 0 amide bonds. The molecular weight excluding hydrogens is 214 g/mol. The standard InChI is InChI=1S/C14H15NO2/c1-9-5-12-13(17-4-3-16-12)6-11(9)14(2)7-10(14)8-15/h5-6,10H,3-4,7H2,1-2H3. The van der Waals surface area contributed by atoms with Crippen molar-refractivity contribution in [2.75, 3.05) is 13.2 Å². The van der Waals surface area contributed by atoms with E-state index in [0.717, 1.165) is 17.9 Å². The molecule has 1 aromatic rings. The van der Waals surface area contributed by atoms with Gasteiger partial charge in [0.1, 0.15) is 13.2 Å². The topological polar surface area (TPSA) is 42.2 Å². The van der Waals surface area contributed by atoms with E-state index in [4.69, 9.17) is 14.7 Å². The second-order valence-electron chi connectivity index (χ2n) is 5.11. The highest BCUT2D eigenvalue weighted by Gasteiger charge is 2.52. The molecule has 17 heavy (non-hydrogen) atoms. The molecule has 88 valence electrons. The van der Waals surface area contributed by atoms with Crippen LogP contribution in [0.1, 0.15) is 24.5 Å². The number of fused-ring (bicyclic) bond motifs is 1. The van der Waals surface area contributed by atoms with Crippen LogP contribution in [0.2, 0.25) is 0 Å². The average Bonchev–Trinajstić information content (AvgIpc) is 3.01. The number of hydrogen-bond donors (Lipinski definition) is 0. The summed E-state index contributed by atoms with van der Waals surface area (Å²) in [6, 6.07) is 6.45. The molecule has 3 nitrogen and oxygen atoms in total. The molecule has 2 unspecified atom stereocenters. The zero-order chi connectivity index (χ0) is 12.0. The van der Waals surface area contributed by atoms with Gasteiger partial charge in [-0.15, -0.1) is 0 Å². The van der Waals surface area contributed by atoms with Crippen LogP contribution < -0.4 is 9.47 Å². The van der Waals surface area contributed by atoms with Gasteiger partial charge in [-0.2, -0.15) is 5.26 Å². The lowest BCUT2D eigenvalue weighted by Gasteiger charge is -2.22. The first-order valence-corrected chi connectivity index (χ1v) is 5.95. The SMILES string of the molecule is Cc1cc2c(cc1C1(C)CC1C#N)OCCO2. The van der Waals surface area contributed by atoms with Crippen molar-refractivity contribution in [3.05, 3.63) is 23.3 Å². The van der Waals surface area contributed by atoms with Crippen molar-refractivity contribution in [3.63, 3.8) is 0 Å². The molecule has 3 rings (SSSR count). The van der Waals surface area contributed by atoms with E-state index in [1.807, 2.05) is 6.07 Å². The minimum atomic E-state index is 0.00860. The highest BCUT2D eigenvalue weighted by atomic mass is 16.6. The Labute approximate surface area is 101 Å². The molecule has 1 aliphatic carbocycles. The second-order valence-corrected chi connectivity index (χ2v) is 5.11. The van der Waals surface area contributed by atoms with Gasteiger partial charge in [-0.05, 0) is 36.6 Å². The number of aryl methyl sites for hydroxylation is 1. The van der Waals surface area contributed by atoms with Crippen LogP contribution in [0.5, 0.6) is 11.5 Å². The first-order valence-electron chi connectivity index (χ1n) is 5.95. The third-order valence-corrected chi connectivity index (χ3v) is 3.90. The number of hydrogen-bond acceptors (Lipinski definition) is 3. The molecule has 0 radical (unpaired) electrons. The number of rotatable bonds is 1. The molecule has 0 spiro atoms. The van der Waals surface area contributed by atoms with Gasteiger partial charge in [-0.3, -0.25) is 0 Å². The third-order valence-electron chi connectivity index (χ3n) is 3.90. The lowest BCUT2D eigenvalue weighted by molar-refractivity contribution is 0.171. The van der Waals surface area contributed by atoms with Crippen LogP contribution in [0.4, 0.5) is 0 Å². The summed E-state index contributed by atoms with van der Waals surface area (Å²) in [5, 5.41) is 9.03. The summed E-state index contributed by atoms with van der Waals surface area (Å²) >= 11 is 0. The van der Waals surface area contributed by atoms with Gasteiger partial charge in [0.2, 0.25) is 0 Å². The van der Waals surface area contributed by atoms with Gasteiger partial charge in [0.05, 0.1) is 12.0 Å². The van der Waals surface area contributed by atoms with Gasteiger partial charge in [-0.25, -0.2) is 0 Å². The number of benzene rings is 1. The Hall–Kier alpha value is -1.69. The lowest BCUT2D eigenvalue weighted by Crippen LogP contribution is -2.17. The van der Waals surface area contributed by atoms with Gasteiger partial charge in [0.15, 0.2) is 11.5 Å². The maximum absolute atomic E-state index is 9.03. The summed E-state index contributed by atoms with van der Waals surface area (Å²) in [6.45, 7) is 5.45. The van der Waals surface area contributed by atoms with Crippen molar-refractivity contribution in [3.8, 4) is 17.6 Å². The van der Waals surface area contributed by atoms with E-state index in [2.05, 4.69) is 26.0 Å². The number of nitrogens with zero attached hydrogens (tertiary/aromatic N) is 1. The van der Waals surface area contributed by atoms with Gasteiger partial charge in [0, 0.05) is 5.41 Å². The predicted octanol–water partition coefficient (Wildman–Crippen LogP) is 2.57. The smallest absolute Gasteiger partial charge is 0.161 e. The first kappa shape index (κ1) is 10.5. The van der Waals surface area contributed by atoms with Crippen LogP contribution in [0.25, 0.3) is 0 Å². The number of nitriles is 1. The molecule has 0 N–H and O–H groups in total. The zero-order valence-corrected chi connectivity index (χ0v) is 10.1. The van der Waals surface area contributed by atoms with Crippen LogP contribution in [0.3, 0.4) is 0 Å². The molecule has 1 heterocycles. The van der Waals surface area contributed by atoms with Gasteiger partial charge >= 0.3 is 0 Å². The van der Waals surface area contributed by atoms with Crippen molar-refractivity contribution in [1.82, 2.24) is 0 Å². The Morgan fingerprint density at radius 2 is 1.94 bits per heavy atom. The number of ether oxygens (including phenoxy) is 2. The monoisotopic (exact) mass is 229 g/mol. The summed E-state index contributed by atoms with van der Waals surface area (Å²) in [5.41, 5.74) is 2.43. The minimum absolute atomic E-state index is 0.00860. The fourth-order valence-corrected chi connectivity index (χ4v) is 2.66. The lowest BCUT2D eigenvalue weighted by atomic mass is 9.91. The molecule has 3 heteroatoms. The molecule has 1 fully saturated rings. The van der Waals surface area contributed by atoms with Crippen LogP contribution in [0, 0.1) is 24.2 Å². The Morgan fingerprint density at radius 3 is 2.53 bits per heavy atom. The zero-order valence-electron chi connectivity index (χ0n) is 10.1. The Morgan fingerprint density at radius 1 is 1.29 bits per heavy atom. The van der Waals surface area contributed by atoms with Crippen LogP contribution >= 0.6 is 0 Å². The van der Waals surface area contributed by atoms with E-state index in [1.54, 1.807) is 0 Å². The van der Waals surface area contributed by atoms with Crippen LogP contribution in [0.15, 0.2) is 12.1 Å². The maximum atomic E-state index is 9.03. The van der Waals surface area contributed by atoms with Crippen molar-refractivity contribution >= 4 is 0 Å². The molecule has 2 atom stereocenters. The molecule has 1 aliphatic heterocycles. The minimum Gasteiger partial charge on any atom is -0.486 e. The normalized spacial score (nSPS) is 29.6. The molecule has 0 aromatic heterocycles. The molecule has 0 saturated heterocycles.